The summed E-state index contributed by atoms with van der Waals surface area (Å²) in [7, 11) is 2.11. The molecule has 1 aromatic rings. The van der Waals surface area contributed by atoms with Crippen LogP contribution in [0.3, 0.4) is 0 Å². The van der Waals surface area contributed by atoms with Gasteiger partial charge in [0.25, 0.3) is 0 Å². The van der Waals surface area contributed by atoms with Gasteiger partial charge in [0.15, 0.2) is 0 Å². The van der Waals surface area contributed by atoms with Crippen LogP contribution in [0.5, 0.6) is 5.75 Å². The Morgan fingerprint density at radius 1 is 1.64 bits per heavy atom. The maximum atomic E-state index is 5.58. The third-order valence-electron chi connectivity index (χ3n) is 2.64. The molecule has 4 heteroatoms. The number of pyridine rings is 1. The highest BCUT2D eigenvalue weighted by atomic mass is 16.5. The summed E-state index contributed by atoms with van der Waals surface area (Å²) in [5, 5.41) is 0. The number of hydrogen-bond donors (Lipinski definition) is 1. The standard InChI is InChI=1S/C10H15N3O/c1-13-5-4-8(13)7-14-9-2-3-10(11)12-6-9/h2-3,6,8H,4-5,7H2,1H3,(H2,11,12)/t8-/m1/s1. The van der Waals surface area contributed by atoms with Gasteiger partial charge >= 0.3 is 0 Å². The van der Waals surface area contributed by atoms with Gasteiger partial charge in [-0.3, -0.25) is 4.90 Å². The van der Waals surface area contributed by atoms with Gasteiger partial charge in [-0.2, -0.15) is 0 Å². The van der Waals surface area contributed by atoms with Gasteiger partial charge in [0.1, 0.15) is 18.2 Å². The van der Waals surface area contributed by atoms with Crippen molar-refractivity contribution in [2.75, 3.05) is 25.9 Å². The lowest BCUT2D eigenvalue weighted by Gasteiger charge is -2.37. The molecule has 2 rings (SSSR count). The molecule has 0 amide bonds. The molecule has 1 saturated heterocycles. The average Bonchev–Trinajstić information content (AvgIpc) is 2.19. The molecule has 0 bridgehead atoms. The lowest BCUT2D eigenvalue weighted by molar-refractivity contribution is 0.0767. The molecular formula is C10H15N3O. The van der Waals surface area contributed by atoms with E-state index in [0.717, 1.165) is 12.4 Å². The molecule has 2 N–H and O–H groups in total. The molecule has 1 fully saturated rings. The number of rotatable bonds is 3. The Morgan fingerprint density at radius 3 is 3.00 bits per heavy atom. The van der Waals surface area contributed by atoms with Crippen LogP contribution in [0.1, 0.15) is 6.42 Å². The zero-order valence-corrected chi connectivity index (χ0v) is 8.31. The van der Waals surface area contributed by atoms with Crippen LogP contribution in [0.2, 0.25) is 0 Å². The summed E-state index contributed by atoms with van der Waals surface area (Å²) in [5.41, 5.74) is 5.47. The van der Waals surface area contributed by atoms with Crippen molar-refractivity contribution >= 4 is 5.82 Å². The Kier molecular flexibility index (Phi) is 2.54. The lowest BCUT2D eigenvalue weighted by Crippen LogP contribution is -2.48. The van der Waals surface area contributed by atoms with E-state index in [1.165, 1.54) is 13.0 Å². The molecule has 1 aliphatic heterocycles. The summed E-state index contributed by atoms with van der Waals surface area (Å²) < 4.78 is 5.58. The van der Waals surface area contributed by atoms with Crippen molar-refractivity contribution in [2.45, 2.75) is 12.5 Å². The van der Waals surface area contributed by atoms with Crippen LogP contribution in [0.25, 0.3) is 0 Å². The zero-order chi connectivity index (χ0) is 9.97. The molecule has 4 nitrogen and oxygen atoms in total. The van der Waals surface area contributed by atoms with Gasteiger partial charge in [-0.25, -0.2) is 4.98 Å². The summed E-state index contributed by atoms with van der Waals surface area (Å²) in [6.45, 7) is 1.91. The fraction of sp³-hybridized carbons (Fsp3) is 0.500. The second-order valence-corrected chi connectivity index (χ2v) is 3.65. The van der Waals surface area contributed by atoms with E-state index in [2.05, 4.69) is 16.9 Å². The summed E-state index contributed by atoms with van der Waals surface area (Å²) in [6, 6.07) is 4.16. The molecule has 1 aliphatic rings. The van der Waals surface area contributed by atoms with Gasteiger partial charge < -0.3 is 10.5 Å². The molecular weight excluding hydrogens is 178 g/mol. The maximum absolute atomic E-state index is 5.58. The van der Waals surface area contributed by atoms with Gasteiger partial charge in [-0.1, -0.05) is 0 Å². The molecule has 0 aromatic carbocycles. The Morgan fingerprint density at radius 2 is 2.50 bits per heavy atom. The van der Waals surface area contributed by atoms with E-state index >= 15 is 0 Å². The number of hydrogen-bond acceptors (Lipinski definition) is 4. The highest BCUT2D eigenvalue weighted by Crippen LogP contribution is 2.16. The highest BCUT2D eigenvalue weighted by Gasteiger charge is 2.24. The molecule has 14 heavy (non-hydrogen) atoms. The van der Waals surface area contributed by atoms with Crippen LogP contribution in [0.4, 0.5) is 5.82 Å². The topological polar surface area (TPSA) is 51.4 Å². The van der Waals surface area contributed by atoms with Crippen molar-refractivity contribution in [1.29, 1.82) is 0 Å². The third kappa shape index (κ3) is 1.96. The molecule has 0 radical (unpaired) electrons. The first kappa shape index (κ1) is 9.27. The van der Waals surface area contributed by atoms with Crippen molar-refractivity contribution in [3.63, 3.8) is 0 Å². The molecule has 0 spiro atoms. The minimum Gasteiger partial charge on any atom is -0.490 e. The van der Waals surface area contributed by atoms with Crippen molar-refractivity contribution in [2.24, 2.45) is 0 Å². The monoisotopic (exact) mass is 193 g/mol. The number of nitrogens with two attached hydrogens (primary N) is 1. The van der Waals surface area contributed by atoms with E-state index < -0.39 is 0 Å². The molecule has 0 unspecified atom stereocenters. The van der Waals surface area contributed by atoms with Crippen molar-refractivity contribution in [3.05, 3.63) is 18.3 Å². The van der Waals surface area contributed by atoms with E-state index in [4.69, 9.17) is 10.5 Å². The first-order valence-corrected chi connectivity index (χ1v) is 4.80. The highest BCUT2D eigenvalue weighted by molar-refractivity contribution is 5.32. The van der Waals surface area contributed by atoms with Crippen LogP contribution in [0.15, 0.2) is 18.3 Å². The smallest absolute Gasteiger partial charge is 0.137 e. The molecule has 1 atom stereocenters. The van der Waals surface area contributed by atoms with Crippen molar-refractivity contribution < 1.29 is 4.74 Å². The van der Waals surface area contributed by atoms with E-state index in [-0.39, 0.29) is 0 Å². The van der Waals surface area contributed by atoms with Crippen LogP contribution < -0.4 is 10.5 Å². The van der Waals surface area contributed by atoms with Crippen LogP contribution in [-0.2, 0) is 0 Å². The largest absolute Gasteiger partial charge is 0.490 e. The second-order valence-electron chi connectivity index (χ2n) is 3.65. The number of nitrogen functional groups attached to an aromatic ring is 1. The van der Waals surface area contributed by atoms with Crippen LogP contribution >= 0.6 is 0 Å². The van der Waals surface area contributed by atoms with Crippen LogP contribution in [0, 0.1) is 0 Å². The quantitative estimate of drug-likeness (QED) is 0.769. The molecule has 0 aliphatic carbocycles. The lowest BCUT2D eigenvalue weighted by atomic mass is 10.1. The van der Waals surface area contributed by atoms with E-state index in [1.807, 2.05) is 6.07 Å². The van der Waals surface area contributed by atoms with E-state index in [9.17, 15) is 0 Å². The fourth-order valence-corrected chi connectivity index (χ4v) is 1.45. The van der Waals surface area contributed by atoms with Crippen molar-refractivity contribution in [1.82, 2.24) is 9.88 Å². The molecule has 76 valence electrons. The number of likely N-dealkylation sites (tertiary alicyclic amines) is 1. The van der Waals surface area contributed by atoms with Gasteiger partial charge in [0.05, 0.1) is 6.20 Å². The second kappa shape index (κ2) is 3.84. The summed E-state index contributed by atoms with van der Waals surface area (Å²) in [6.07, 6.45) is 2.88. The normalized spacial score (nSPS) is 21.6. The first-order chi connectivity index (χ1) is 6.75. The minimum atomic E-state index is 0.526. The van der Waals surface area contributed by atoms with E-state index in [1.54, 1.807) is 12.3 Å². The number of anilines is 1. The fourth-order valence-electron chi connectivity index (χ4n) is 1.45. The predicted octanol–water partition coefficient (Wildman–Crippen LogP) is 0.747. The Bertz CT molecular complexity index is 299. The van der Waals surface area contributed by atoms with Gasteiger partial charge in [-0.15, -0.1) is 0 Å². The predicted molar refractivity (Wildman–Crippen MR) is 55.2 cm³/mol. The molecule has 0 saturated carbocycles. The first-order valence-electron chi connectivity index (χ1n) is 4.80. The SMILES string of the molecule is CN1CC[C@@H]1COc1ccc(N)nc1. The van der Waals surface area contributed by atoms with Gasteiger partial charge in [0, 0.05) is 6.04 Å². The Hall–Kier alpha value is -1.29. The minimum absolute atomic E-state index is 0.526. The summed E-state index contributed by atoms with van der Waals surface area (Å²) in [5.74, 6) is 1.32. The number of nitrogens with zero attached hydrogens (tertiary/aromatic N) is 2. The Labute approximate surface area is 83.7 Å². The van der Waals surface area contributed by atoms with Crippen molar-refractivity contribution in [3.8, 4) is 5.75 Å². The number of likely N-dealkylation sites (N-methyl/N-ethyl adjacent to an activating group) is 1. The van der Waals surface area contributed by atoms with E-state index in [0.29, 0.717) is 11.9 Å². The number of ether oxygens (including phenoxy) is 1. The van der Waals surface area contributed by atoms with Gasteiger partial charge in [-0.05, 0) is 32.1 Å². The number of aromatic nitrogens is 1. The third-order valence-corrected chi connectivity index (χ3v) is 2.64. The summed E-state index contributed by atoms with van der Waals surface area (Å²) >= 11 is 0. The average molecular weight is 193 g/mol. The summed E-state index contributed by atoms with van der Waals surface area (Å²) in [4.78, 5) is 6.24. The maximum Gasteiger partial charge on any atom is 0.137 e. The molecule has 2 heterocycles. The molecule has 1 aromatic heterocycles. The van der Waals surface area contributed by atoms with Gasteiger partial charge in [0.2, 0.25) is 0 Å². The zero-order valence-electron chi connectivity index (χ0n) is 8.31. The van der Waals surface area contributed by atoms with Crippen LogP contribution in [-0.4, -0.2) is 36.1 Å². The Balaban J connectivity index is 1.83.